The van der Waals surface area contributed by atoms with Crippen LogP contribution in [0.5, 0.6) is 0 Å². The zero-order valence-electron chi connectivity index (χ0n) is 9.26. The van der Waals surface area contributed by atoms with Gasteiger partial charge in [0.05, 0.1) is 0 Å². The molecule has 0 bridgehead atoms. The molecular weight excluding hydrogens is 208 g/mol. The normalized spacial score (nSPS) is 23.0. The SMILES string of the molecule is Cc1cccc(C2CNCCN2C)c1Cl. The van der Waals surface area contributed by atoms with Crippen LogP contribution >= 0.6 is 11.6 Å². The Hall–Kier alpha value is -0.570. The van der Waals surface area contributed by atoms with Crippen LogP contribution in [-0.4, -0.2) is 31.6 Å². The van der Waals surface area contributed by atoms with Gasteiger partial charge in [0, 0.05) is 30.7 Å². The fraction of sp³-hybridized carbons (Fsp3) is 0.500. The average Bonchev–Trinajstić information content (AvgIpc) is 2.23. The predicted octanol–water partition coefficient (Wildman–Crippen LogP) is 2.22. The first kappa shape index (κ1) is 10.9. The predicted molar refractivity (Wildman–Crippen MR) is 64.4 cm³/mol. The van der Waals surface area contributed by atoms with Crippen molar-refractivity contribution >= 4 is 11.6 Å². The van der Waals surface area contributed by atoms with Crippen molar-refractivity contribution in [1.29, 1.82) is 0 Å². The number of likely N-dealkylation sites (N-methyl/N-ethyl adjacent to an activating group) is 1. The van der Waals surface area contributed by atoms with Gasteiger partial charge in [-0.05, 0) is 25.1 Å². The lowest BCUT2D eigenvalue weighted by molar-refractivity contribution is 0.202. The standard InChI is InChI=1S/C12H17ClN2/c1-9-4-3-5-10(12(9)13)11-8-14-6-7-15(11)2/h3-5,11,14H,6-8H2,1-2H3. The number of nitrogens with one attached hydrogen (secondary N) is 1. The minimum atomic E-state index is 0.408. The van der Waals surface area contributed by atoms with Gasteiger partial charge in [-0.15, -0.1) is 0 Å². The lowest BCUT2D eigenvalue weighted by Crippen LogP contribution is -2.43. The van der Waals surface area contributed by atoms with E-state index < -0.39 is 0 Å². The zero-order valence-corrected chi connectivity index (χ0v) is 10.0. The number of piperazine rings is 1. The van der Waals surface area contributed by atoms with Gasteiger partial charge in [0.15, 0.2) is 0 Å². The number of halogens is 1. The van der Waals surface area contributed by atoms with Crippen molar-refractivity contribution in [3.8, 4) is 0 Å². The molecule has 0 aromatic heterocycles. The largest absolute Gasteiger partial charge is 0.314 e. The summed E-state index contributed by atoms with van der Waals surface area (Å²) in [5.74, 6) is 0. The van der Waals surface area contributed by atoms with E-state index in [1.165, 1.54) is 5.56 Å². The van der Waals surface area contributed by atoms with Crippen LogP contribution in [0.15, 0.2) is 18.2 Å². The van der Waals surface area contributed by atoms with Gasteiger partial charge in [-0.2, -0.15) is 0 Å². The van der Waals surface area contributed by atoms with Crippen LogP contribution in [-0.2, 0) is 0 Å². The summed E-state index contributed by atoms with van der Waals surface area (Å²) in [6.45, 7) is 5.19. The van der Waals surface area contributed by atoms with E-state index in [0.717, 1.165) is 30.2 Å². The Morgan fingerprint density at radius 1 is 1.47 bits per heavy atom. The molecule has 0 amide bonds. The smallest absolute Gasteiger partial charge is 0.0485 e. The van der Waals surface area contributed by atoms with E-state index in [1.807, 2.05) is 0 Å². The second-order valence-electron chi connectivity index (χ2n) is 4.18. The van der Waals surface area contributed by atoms with Crippen molar-refractivity contribution in [3.63, 3.8) is 0 Å². The van der Waals surface area contributed by atoms with E-state index in [0.29, 0.717) is 6.04 Å². The maximum atomic E-state index is 6.34. The Kier molecular flexibility index (Phi) is 3.29. The molecule has 1 heterocycles. The molecule has 2 rings (SSSR count). The second-order valence-corrected chi connectivity index (χ2v) is 4.56. The molecule has 2 nitrogen and oxygen atoms in total. The van der Waals surface area contributed by atoms with E-state index in [4.69, 9.17) is 11.6 Å². The first-order chi connectivity index (χ1) is 7.20. The molecule has 1 fully saturated rings. The number of hydrogen-bond acceptors (Lipinski definition) is 2. The summed E-state index contributed by atoms with van der Waals surface area (Å²) < 4.78 is 0. The number of benzene rings is 1. The highest BCUT2D eigenvalue weighted by Gasteiger charge is 2.22. The molecule has 0 radical (unpaired) electrons. The summed E-state index contributed by atoms with van der Waals surface area (Å²) in [6.07, 6.45) is 0. The molecule has 3 heteroatoms. The maximum Gasteiger partial charge on any atom is 0.0485 e. The molecule has 1 atom stereocenters. The van der Waals surface area contributed by atoms with Crippen LogP contribution in [0.25, 0.3) is 0 Å². The van der Waals surface area contributed by atoms with Gasteiger partial charge in [-0.3, -0.25) is 4.90 Å². The highest BCUT2D eigenvalue weighted by atomic mass is 35.5. The summed E-state index contributed by atoms with van der Waals surface area (Å²) in [5, 5.41) is 4.32. The molecule has 1 aliphatic heterocycles. The number of rotatable bonds is 1. The van der Waals surface area contributed by atoms with Crippen molar-refractivity contribution in [3.05, 3.63) is 34.3 Å². The van der Waals surface area contributed by atoms with E-state index in [-0.39, 0.29) is 0 Å². The van der Waals surface area contributed by atoms with Gasteiger partial charge in [-0.25, -0.2) is 0 Å². The summed E-state index contributed by atoms with van der Waals surface area (Å²) >= 11 is 6.34. The van der Waals surface area contributed by atoms with Gasteiger partial charge in [0.25, 0.3) is 0 Å². The fourth-order valence-electron chi connectivity index (χ4n) is 2.08. The van der Waals surface area contributed by atoms with Crippen LogP contribution in [0.3, 0.4) is 0 Å². The third kappa shape index (κ3) is 2.17. The molecule has 15 heavy (non-hydrogen) atoms. The summed E-state index contributed by atoms with van der Waals surface area (Å²) in [5.41, 5.74) is 2.40. The number of hydrogen-bond donors (Lipinski definition) is 1. The van der Waals surface area contributed by atoms with E-state index in [1.54, 1.807) is 0 Å². The third-order valence-electron chi connectivity index (χ3n) is 3.09. The van der Waals surface area contributed by atoms with Crippen molar-refractivity contribution in [2.45, 2.75) is 13.0 Å². The minimum Gasteiger partial charge on any atom is -0.314 e. The zero-order chi connectivity index (χ0) is 10.8. The van der Waals surface area contributed by atoms with Crippen LogP contribution in [0.4, 0.5) is 0 Å². The van der Waals surface area contributed by atoms with Crippen LogP contribution in [0.2, 0.25) is 5.02 Å². The van der Waals surface area contributed by atoms with Gasteiger partial charge in [0.1, 0.15) is 0 Å². The molecular formula is C12H17ClN2. The molecule has 0 saturated carbocycles. The Balaban J connectivity index is 2.31. The van der Waals surface area contributed by atoms with Crippen molar-refractivity contribution in [1.82, 2.24) is 10.2 Å². The van der Waals surface area contributed by atoms with Gasteiger partial charge in [0.2, 0.25) is 0 Å². The Labute approximate surface area is 96.2 Å². The summed E-state index contributed by atoms with van der Waals surface area (Å²) in [6, 6.07) is 6.68. The Bertz CT molecular complexity index is 351. The lowest BCUT2D eigenvalue weighted by Gasteiger charge is -2.34. The molecule has 82 valence electrons. The first-order valence-corrected chi connectivity index (χ1v) is 5.74. The molecule has 1 unspecified atom stereocenters. The van der Waals surface area contributed by atoms with E-state index >= 15 is 0 Å². The number of nitrogens with zero attached hydrogens (tertiary/aromatic N) is 1. The summed E-state index contributed by atoms with van der Waals surface area (Å²) in [4.78, 5) is 2.36. The quantitative estimate of drug-likeness (QED) is 0.787. The third-order valence-corrected chi connectivity index (χ3v) is 3.61. The van der Waals surface area contributed by atoms with Crippen LogP contribution < -0.4 is 5.32 Å². The molecule has 1 N–H and O–H groups in total. The molecule has 1 saturated heterocycles. The minimum absolute atomic E-state index is 0.408. The molecule has 1 aromatic rings. The number of aryl methyl sites for hydroxylation is 1. The maximum absolute atomic E-state index is 6.34. The Morgan fingerprint density at radius 2 is 2.27 bits per heavy atom. The van der Waals surface area contributed by atoms with Gasteiger partial charge < -0.3 is 5.32 Å². The van der Waals surface area contributed by atoms with E-state index in [2.05, 4.69) is 42.4 Å². The molecule has 0 spiro atoms. The second kappa shape index (κ2) is 4.52. The molecule has 1 aromatic carbocycles. The molecule has 1 aliphatic rings. The lowest BCUT2D eigenvalue weighted by atomic mass is 10.0. The topological polar surface area (TPSA) is 15.3 Å². The average molecular weight is 225 g/mol. The summed E-state index contributed by atoms with van der Waals surface area (Å²) in [7, 11) is 2.16. The van der Waals surface area contributed by atoms with Gasteiger partial charge in [-0.1, -0.05) is 29.8 Å². The van der Waals surface area contributed by atoms with E-state index in [9.17, 15) is 0 Å². The van der Waals surface area contributed by atoms with Crippen molar-refractivity contribution in [2.24, 2.45) is 0 Å². The highest BCUT2D eigenvalue weighted by Crippen LogP contribution is 2.29. The van der Waals surface area contributed by atoms with Crippen molar-refractivity contribution < 1.29 is 0 Å². The fourth-order valence-corrected chi connectivity index (χ4v) is 2.33. The monoisotopic (exact) mass is 224 g/mol. The van der Waals surface area contributed by atoms with Crippen molar-refractivity contribution in [2.75, 3.05) is 26.7 Å². The van der Waals surface area contributed by atoms with Gasteiger partial charge >= 0.3 is 0 Å². The Morgan fingerprint density at radius 3 is 3.00 bits per heavy atom. The van der Waals surface area contributed by atoms with Crippen LogP contribution in [0, 0.1) is 6.92 Å². The highest BCUT2D eigenvalue weighted by molar-refractivity contribution is 6.32. The van der Waals surface area contributed by atoms with Crippen LogP contribution in [0.1, 0.15) is 17.2 Å². The first-order valence-electron chi connectivity index (χ1n) is 5.36. The molecule has 0 aliphatic carbocycles.